The van der Waals surface area contributed by atoms with E-state index >= 15 is 0 Å². The van der Waals surface area contributed by atoms with Gasteiger partial charge in [-0.25, -0.2) is 4.39 Å². The Morgan fingerprint density at radius 3 is 2.59 bits per heavy atom. The van der Waals surface area contributed by atoms with Gasteiger partial charge in [0.1, 0.15) is 12.4 Å². The highest BCUT2D eigenvalue weighted by molar-refractivity contribution is 9.10. The Hall–Kier alpha value is -1.34. The lowest BCUT2D eigenvalue weighted by atomic mass is 10.1. The average molecular weight is 461 g/mol. The fourth-order valence-electron chi connectivity index (χ4n) is 2.51. The van der Waals surface area contributed by atoms with E-state index < -0.39 is 5.82 Å². The fraction of sp³-hybridized carbons (Fsp3) is 0.400. The van der Waals surface area contributed by atoms with Crippen molar-refractivity contribution in [1.82, 2.24) is 5.32 Å². The van der Waals surface area contributed by atoms with Crippen molar-refractivity contribution in [3.05, 3.63) is 56.8 Å². The number of hydrogen-bond acceptors (Lipinski definition) is 4. The predicted octanol–water partition coefficient (Wildman–Crippen LogP) is 5.08. The van der Waals surface area contributed by atoms with Crippen LogP contribution in [-0.4, -0.2) is 24.4 Å². The van der Waals surface area contributed by atoms with Gasteiger partial charge in [0, 0.05) is 22.6 Å². The third kappa shape index (κ3) is 6.07. The van der Waals surface area contributed by atoms with Gasteiger partial charge in [0.15, 0.2) is 11.5 Å². The van der Waals surface area contributed by atoms with Gasteiger partial charge in [-0.2, -0.15) is 0 Å². The summed E-state index contributed by atoms with van der Waals surface area (Å²) in [6.07, 6.45) is 0.830. The molecule has 0 amide bonds. The zero-order valence-corrected chi connectivity index (χ0v) is 17.7. The summed E-state index contributed by atoms with van der Waals surface area (Å²) in [5, 5.41) is 12.9. The second kappa shape index (κ2) is 10.9. The van der Waals surface area contributed by atoms with Gasteiger partial charge < -0.3 is 19.9 Å². The van der Waals surface area contributed by atoms with Gasteiger partial charge in [-0.05, 0) is 43.2 Å². The van der Waals surface area contributed by atoms with E-state index in [0.717, 1.165) is 16.5 Å². The maximum atomic E-state index is 14.0. The van der Waals surface area contributed by atoms with E-state index in [-0.39, 0.29) is 19.3 Å². The quantitative estimate of drug-likeness (QED) is 0.519. The Labute approximate surface area is 172 Å². The SMILES string of the molecule is CCOc1cc(CNC(CC)CO)c(Br)cc1OCc1c(F)cccc1Cl. The Balaban J connectivity index is 2.19. The Morgan fingerprint density at radius 1 is 1.22 bits per heavy atom. The molecule has 0 saturated heterocycles. The zero-order valence-electron chi connectivity index (χ0n) is 15.4. The molecule has 2 aromatic carbocycles. The van der Waals surface area contributed by atoms with E-state index in [1.165, 1.54) is 6.07 Å². The Kier molecular flexibility index (Phi) is 8.83. The minimum absolute atomic E-state index is 0.00195. The topological polar surface area (TPSA) is 50.7 Å². The van der Waals surface area contributed by atoms with Crippen molar-refractivity contribution in [2.75, 3.05) is 13.2 Å². The molecule has 0 saturated carbocycles. The number of ether oxygens (including phenoxy) is 2. The monoisotopic (exact) mass is 459 g/mol. The van der Waals surface area contributed by atoms with E-state index in [9.17, 15) is 9.50 Å². The van der Waals surface area contributed by atoms with Crippen LogP contribution in [0.4, 0.5) is 4.39 Å². The van der Waals surface area contributed by atoms with Crippen LogP contribution in [-0.2, 0) is 13.2 Å². The van der Waals surface area contributed by atoms with Gasteiger partial charge >= 0.3 is 0 Å². The van der Waals surface area contributed by atoms with Crippen LogP contribution in [0.3, 0.4) is 0 Å². The van der Waals surface area contributed by atoms with Crippen molar-refractivity contribution in [3.8, 4) is 11.5 Å². The number of aliphatic hydroxyl groups excluding tert-OH is 1. The molecular weight excluding hydrogens is 437 g/mol. The molecule has 0 aliphatic rings. The van der Waals surface area contributed by atoms with E-state index in [4.69, 9.17) is 21.1 Å². The second-order valence-corrected chi connectivity index (χ2v) is 7.24. The maximum absolute atomic E-state index is 14.0. The van der Waals surface area contributed by atoms with Gasteiger partial charge in [-0.15, -0.1) is 0 Å². The number of hydrogen-bond donors (Lipinski definition) is 2. The molecule has 0 bridgehead atoms. The van der Waals surface area contributed by atoms with Crippen LogP contribution in [0.1, 0.15) is 31.4 Å². The molecule has 7 heteroatoms. The summed E-state index contributed by atoms with van der Waals surface area (Å²) >= 11 is 9.61. The molecule has 0 radical (unpaired) electrons. The van der Waals surface area contributed by atoms with Gasteiger partial charge in [0.2, 0.25) is 0 Å². The summed E-state index contributed by atoms with van der Waals surface area (Å²) in [5.74, 6) is 0.665. The van der Waals surface area contributed by atoms with E-state index in [1.54, 1.807) is 18.2 Å². The molecule has 0 aliphatic carbocycles. The molecule has 2 aromatic rings. The molecule has 0 heterocycles. The van der Waals surface area contributed by atoms with Crippen LogP contribution < -0.4 is 14.8 Å². The Morgan fingerprint density at radius 2 is 1.96 bits per heavy atom. The summed E-state index contributed by atoms with van der Waals surface area (Å²) in [5.41, 5.74) is 1.28. The van der Waals surface area contributed by atoms with Crippen LogP contribution in [0.15, 0.2) is 34.8 Å². The Bertz CT molecular complexity index is 736. The molecule has 4 nitrogen and oxygen atoms in total. The first-order valence-corrected chi connectivity index (χ1v) is 10.0. The highest BCUT2D eigenvalue weighted by atomic mass is 79.9. The molecule has 0 spiro atoms. The van der Waals surface area contributed by atoms with Crippen molar-refractivity contribution < 1.29 is 19.0 Å². The number of aliphatic hydroxyl groups is 1. The second-order valence-electron chi connectivity index (χ2n) is 5.98. The molecule has 2 rings (SSSR count). The molecule has 0 aliphatic heterocycles. The van der Waals surface area contributed by atoms with Crippen LogP contribution in [0.2, 0.25) is 5.02 Å². The van der Waals surface area contributed by atoms with Crippen molar-refractivity contribution >= 4 is 27.5 Å². The van der Waals surface area contributed by atoms with Gasteiger partial charge in [-0.3, -0.25) is 0 Å². The molecule has 1 unspecified atom stereocenters. The van der Waals surface area contributed by atoms with Crippen molar-refractivity contribution in [1.29, 1.82) is 0 Å². The molecule has 0 aromatic heterocycles. The number of nitrogens with one attached hydrogen (secondary N) is 1. The smallest absolute Gasteiger partial charge is 0.162 e. The van der Waals surface area contributed by atoms with Gasteiger partial charge in [0.05, 0.1) is 18.2 Å². The average Bonchev–Trinajstić information content (AvgIpc) is 2.65. The van der Waals surface area contributed by atoms with Crippen LogP contribution in [0.5, 0.6) is 11.5 Å². The van der Waals surface area contributed by atoms with Crippen molar-refractivity contribution in [3.63, 3.8) is 0 Å². The number of benzene rings is 2. The molecular formula is C20H24BrClFNO3. The highest BCUT2D eigenvalue weighted by Gasteiger charge is 2.14. The summed E-state index contributed by atoms with van der Waals surface area (Å²) in [4.78, 5) is 0. The molecule has 2 N–H and O–H groups in total. The van der Waals surface area contributed by atoms with Gasteiger partial charge in [0.25, 0.3) is 0 Å². The van der Waals surface area contributed by atoms with Crippen LogP contribution in [0, 0.1) is 5.82 Å². The van der Waals surface area contributed by atoms with Crippen molar-refractivity contribution in [2.24, 2.45) is 0 Å². The highest BCUT2D eigenvalue weighted by Crippen LogP contribution is 2.35. The number of rotatable bonds is 10. The summed E-state index contributed by atoms with van der Waals surface area (Å²) in [6, 6.07) is 8.25. The van der Waals surface area contributed by atoms with Gasteiger partial charge in [-0.1, -0.05) is 40.5 Å². The minimum atomic E-state index is -0.407. The minimum Gasteiger partial charge on any atom is -0.490 e. The van der Waals surface area contributed by atoms with E-state index in [1.807, 2.05) is 19.9 Å². The standard InChI is InChI=1S/C20H24BrClFNO3/c1-3-14(11-25)24-10-13-8-19(26-4-2)20(9-16(13)21)27-12-15-17(22)6-5-7-18(15)23/h5-9,14,24-25H,3-4,10-12H2,1-2H3. The molecule has 0 fully saturated rings. The zero-order chi connectivity index (χ0) is 19.8. The first kappa shape index (κ1) is 22.0. The van der Waals surface area contributed by atoms with Crippen LogP contribution in [0.25, 0.3) is 0 Å². The largest absolute Gasteiger partial charge is 0.490 e. The number of halogens is 3. The van der Waals surface area contributed by atoms with E-state index in [2.05, 4.69) is 21.2 Å². The normalized spacial score (nSPS) is 12.1. The maximum Gasteiger partial charge on any atom is 0.162 e. The predicted molar refractivity (Wildman–Crippen MR) is 109 cm³/mol. The fourth-order valence-corrected chi connectivity index (χ4v) is 3.19. The molecule has 1 atom stereocenters. The molecule has 148 valence electrons. The van der Waals surface area contributed by atoms with Crippen molar-refractivity contribution in [2.45, 2.75) is 39.5 Å². The first-order chi connectivity index (χ1) is 13.0. The third-order valence-electron chi connectivity index (χ3n) is 4.14. The van der Waals surface area contributed by atoms with Crippen LogP contribution >= 0.6 is 27.5 Å². The summed E-state index contributed by atoms with van der Waals surface area (Å²) in [7, 11) is 0. The summed E-state index contributed by atoms with van der Waals surface area (Å²) in [6.45, 7) is 5.02. The third-order valence-corrected chi connectivity index (χ3v) is 5.23. The first-order valence-electron chi connectivity index (χ1n) is 8.85. The molecule has 27 heavy (non-hydrogen) atoms. The summed E-state index contributed by atoms with van der Waals surface area (Å²) < 4.78 is 26.3. The lowest BCUT2D eigenvalue weighted by molar-refractivity contribution is 0.238. The lowest BCUT2D eigenvalue weighted by Gasteiger charge is -2.18. The van der Waals surface area contributed by atoms with E-state index in [0.29, 0.717) is 35.2 Å². The lowest BCUT2D eigenvalue weighted by Crippen LogP contribution is -2.31.